The molecule has 0 bridgehead atoms. The van der Waals surface area contributed by atoms with E-state index in [2.05, 4.69) is 10.2 Å². The summed E-state index contributed by atoms with van der Waals surface area (Å²) in [7, 11) is 0. The molecule has 1 heterocycles. The van der Waals surface area contributed by atoms with Crippen LogP contribution >= 0.6 is 11.6 Å². The molecule has 1 saturated carbocycles. The van der Waals surface area contributed by atoms with E-state index in [9.17, 15) is 0 Å². The van der Waals surface area contributed by atoms with E-state index in [4.69, 9.17) is 11.6 Å². The third kappa shape index (κ3) is 1.55. The smallest absolute Gasteiger partial charge is 0.0569 e. The SMILES string of the molecule is Clc1ccccc1-c1cn[nH]c1C1CC1. The van der Waals surface area contributed by atoms with Crippen LogP contribution in [0.2, 0.25) is 5.02 Å². The van der Waals surface area contributed by atoms with Crippen molar-refractivity contribution in [2.45, 2.75) is 18.8 Å². The maximum atomic E-state index is 6.17. The van der Waals surface area contributed by atoms with Crippen molar-refractivity contribution in [3.63, 3.8) is 0 Å². The molecule has 2 aromatic rings. The molecular formula is C12H11ClN2. The molecular weight excluding hydrogens is 208 g/mol. The van der Waals surface area contributed by atoms with Gasteiger partial charge in [0, 0.05) is 27.8 Å². The first-order valence-electron chi connectivity index (χ1n) is 5.14. The third-order valence-electron chi connectivity index (χ3n) is 2.82. The summed E-state index contributed by atoms with van der Waals surface area (Å²) in [5.41, 5.74) is 3.47. The quantitative estimate of drug-likeness (QED) is 0.820. The fraction of sp³-hybridized carbons (Fsp3) is 0.250. The molecule has 1 aliphatic carbocycles. The zero-order chi connectivity index (χ0) is 10.3. The zero-order valence-electron chi connectivity index (χ0n) is 8.20. The van der Waals surface area contributed by atoms with Gasteiger partial charge in [0.05, 0.1) is 6.20 Å². The molecule has 1 aromatic carbocycles. The Kier molecular flexibility index (Phi) is 2.03. The molecule has 1 aliphatic rings. The van der Waals surface area contributed by atoms with Crippen molar-refractivity contribution < 1.29 is 0 Å². The van der Waals surface area contributed by atoms with Crippen LogP contribution in [0.5, 0.6) is 0 Å². The molecule has 0 spiro atoms. The minimum absolute atomic E-state index is 0.666. The van der Waals surface area contributed by atoms with E-state index in [-0.39, 0.29) is 0 Å². The number of rotatable bonds is 2. The summed E-state index contributed by atoms with van der Waals surface area (Å²) in [5.74, 6) is 0.666. The van der Waals surface area contributed by atoms with Crippen LogP contribution in [-0.4, -0.2) is 10.2 Å². The molecule has 3 heteroatoms. The zero-order valence-corrected chi connectivity index (χ0v) is 8.96. The number of H-pyrrole nitrogens is 1. The first kappa shape index (κ1) is 8.98. The van der Waals surface area contributed by atoms with Gasteiger partial charge in [-0.05, 0) is 18.9 Å². The molecule has 0 saturated heterocycles. The van der Waals surface area contributed by atoms with Crippen LogP contribution in [0.1, 0.15) is 24.5 Å². The van der Waals surface area contributed by atoms with Gasteiger partial charge in [0.25, 0.3) is 0 Å². The number of nitrogens with one attached hydrogen (secondary N) is 1. The standard InChI is InChI=1S/C12H11ClN2/c13-11-4-2-1-3-9(11)10-7-14-15-12(10)8-5-6-8/h1-4,7-8H,5-6H2,(H,14,15). The number of aromatic amines is 1. The van der Waals surface area contributed by atoms with Gasteiger partial charge in [0.15, 0.2) is 0 Å². The van der Waals surface area contributed by atoms with Gasteiger partial charge in [-0.25, -0.2) is 0 Å². The van der Waals surface area contributed by atoms with Gasteiger partial charge in [-0.3, -0.25) is 5.10 Å². The highest BCUT2D eigenvalue weighted by Gasteiger charge is 2.28. The lowest BCUT2D eigenvalue weighted by Gasteiger charge is -2.03. The first-order chi connectivity index (χ1) is 7.36. The van der Waals surface area contributed by atoms with Crippen molar-refractivity contribution >= 4 is 11.6 Å². The predicted molar refractivity (Wildman–Crippen MR) is 61.0 cm³/mol. The van der Waals surface area contributed by atoms with Gasteiger partial charge < -0.3 is 0 Å². The molecule has 1 aromatic heterocycles. The van der Waals surface area contributed by atoms with E-state index in [0.717, 1.165) is 16.1 Å². The van der Waals surface area contributed by atoms with Gasteiger partial charge >= 0.3 is 0 Å². The first-order valence-corrected chi connectivity index (χ1v) is 5.52. The highest BCUT2D eigenvalue weighted by atomic mass is 35.5. The Labute approximate surface area is 93.3 Å². The summed E-state index contributed by atoms with van der Waals surface area (Å²) in [6, 6.07) is 7.91. The summed E-state index contributed by atoms with van der Waals surface area (Å²) in [5, 5.41) is 7.99. The predicted octanol–water partition coefficient (Wildman–Crippen LogP) is 3.61. The molecule has 0 radical (unpaired) electrons. The van der Waals surface area contributed by atoms with Crippen LogP contribution in [0, 0.1) is 0 Å². The van der Waals surface area contributed by atoms with Crippen LogP contribution in [0.4, 0.5) is 0 Å². The maximum Gasteiger partial charge on any atom is 0.0569 e. The molecule has 1 fully saturated rings. The summed E-state index contributed by atoms with van der Waals surface area (Å²) in [4.78, 5) is 0. The third-order valence-corrected chi connectivity index (χ3v) is 3.15. The molecule has 0 atom stereocenters. The summed E-state index contributed by atoms with van der Waals surface area (Å²) >= 11 is 6.17. The van der Waals surface area contributed by atoms with E-state index in [0.29, 0.717) is 5.92 Å². The Morgan fingerprint density at radius 2 is 2.00 bits per heavy atom. The summed E-state index contributed by atoms with van der Waals surface area (Å²) in [6.07, 6.45) is 4.40. The molecule has 76 valence electrons. The normalized spacial score (nSPS) is 15.5. The Hall–Kier alpha value is -1.28. The van der Waals surface area contributed by atoms with E-state index in [1.807, 2.05) is 30.5 Å². The molecule has 15 heavy (non-hydrogen) atoms. The average molecular weight is 219 g/mol. The van der Waals surface area contributed by atoms with Gasteiger partial charge in [0.2, 0.25) is 0 Å². The molecule has 1 N–H and O–H groups in total. The Morgan fingerprint density at radius 3 is 2.73 bits per heavy atom. The van der Waals surface area contributed by atoms with Crippen molar-refractivity contribution in [2.75, 3.05) is 0 Å². The highest BCUT2D eigenvalue weighted by molar-refractivity contribution is 6.33. The molecule has 3 rings (SSSR count). The van der Waals surface area contributed by atoms with Gasteiger partial charge in [-0.15, -0.1) is 0 Å². The Morgan fingerprint density at radius 1 is 1.20 bits per heavy atom. The van der Waals surface area contributed by atoms with Crippen molar-refractivity contribution in [2.24, 2.45) is 0 Å². The fourth-order valence-electron chi connectivity index (χ4n) is 1.87. The lowest BCUT2D eigenvalue weighted by molar-refractivity contribution is 0.966. The van der Waals surface area contributed by atoms with Gasteiger partial charge in [-0.2, -0.15) is 5.10 Å². The number of hydrogen-bond acceptors (Lipinski definition) is 1. The lowest BCUT2D eigenvalue weighted by Crippen LogP contribution is -1.85. The Bertz CT molecular complexity index is 486. The van der Waals surface area contributed by atoms with Crippen LogP contribution < -0.4 is 0 Å². The fourth-order valence-corrected chi connectivity index (χ4v) is 2.11. The maximum absolute atomic E-state index is 6.17. The summed E-state index contributed by atoms with van der Waals surface area (Å²) < 4.78 is 0. The summed E-state index contributed by atoms with van der Waals surface area (Å²) in [6.45, 7) is 0. The van der Waals surface area contributed by atoms with Gasteiger partial charge in [0.1, 0.15) is 0 Å². The van der Waals surface area contributed by atoms with Crippen LogP contribution in [0.25, 0.3) is 11.1 Å². The van der Waals surface area contributed by atoms with Crippen molar-refractivity contribution in [1.29, 1.82) is 0 Å². The number of aromatic nitrogens is 2. The van der Waals surface area contributed by atoms with E-state index in [1.165, 1.54) is 18.5 Å². The second-order valence-electron chi connectivity index (χ2n) is 3.95. The lowest BCUT2D eigenvalue weighted by atomic mass is 10.0. The van der Waals surface area contributed by atoms with Crippen LogP contribution in [0.3, 0.4) is 0 Å². The van der Waals surface area contributed by atoms with Crippen LogP contribution in [-0.2, 0) is 0 Å². The van der Waals surface area contributed by atoms with Crippen molar-refractivity contribution in [3.8, 4) is 11.1 Å². The Balaban J connectivity index is 2.12. The molecule has 0 aliphatic heterocycles. The minimum Gasteiger partial charge on any atom is -0.282 e. The molecule has 2 nitrogen and oxygen atoms in total. The van der Waals surface area contributed by atoms with Crippen molar-refractivity contribution in [1.82, 2.24) is 10.2 Å². The number of halogens is 1. The number of benzene rings is 1. The van der Waals surface area contributed by atoms with Crippen molar-refractivity contribution in [3.05, 3.63) is 41.2 Å². The van der Waals surface area contributed by atoms with E-state index >= 15 is 0 Å². The van der Waals surface area contributed by atoms with Gasteiger partial charge in [-0.1, -0.05) is 29.8 Å². The van der Waals surface area contributed by atoms with E-state index < -0.39 is 0 Å². The monoisotopic (exact) mass is 218 g/mol. The highest BCUT2D eigenvalue weighted by Crippen LogP contribution is 2.44. The molecule has 0 unspecified atom stereocenters. The second-order valence-corrected chi connectivity index (χ2v) is 4.36. The van der Waals surface area contributed by atoms with E-state index in [1.54, 1.807) is 0 Å². The number of nitrogens with zero attached hydrogens (tertiary/aromatic N) is 1. The average Bonchev–Trinajstić information content (AvgIpc) is 2.98. The topological polar surface area (TPSA) is 28.7 Å². The second kappa shape index (κ2) is 3.38. The van der Waals surface area contributed by atoms with Crippen LogP contribution in [0.15, 0.2) is 30.5 Å². The molecule has 0 amide bonds. The largest absolute Gasteiger partial charge is 0.282 e. The minimum atomic E-state index is 0.666. The number of hydrogen-bond donors (Lipinski definition) is 1.